The van der Waals surface area contributed by atoms with Gasteiger partial charge in [0.05, 0.1) is 6.04 Å². The first kappa shape index (κ1) is 14.0. The molecule has 2 heterocycles. The molecule has 110 valence electrons. The minimum Gasteiger partial charge on any atom is -0.314 e. The Morgan fingerprint density at radius 3 is 2.60 bits per heavy atom. The van der Waals surface area contributed by atoms with Crippen molar-refractivity contribution in [3.63, 3.8) is 0 Å². The van der Waals surface area contributed by atoms with Crippen molar-refractivity contribution in [3.8, 4) is 0 Å². The molecule has 2 aliphatic rings. The van der Waals surface area contributed by atoms with Gasteiger partial charge in [0.1, 0.15) is 5.82 Å². The maximum Gasteiger partial charge on any atom is 0.145 e. The van der Waals surface area contributed by atoms with Crippen molar-refractivity contribution < 1.29 is 0 Å². The molecule has 2 fully saturated rings. The normalized spacial score (nSPS) is 23.1. The second-order valence-electron chi connectivity index (χ2n) is 6.24. The summed E-state index contributed by atoms with van der Waals surface area (Å²) in [5.74, 6) is 1.69. The molecule has 3 rings (SSSR count). The molecule has 0 aromatic carbocycles. The third-order valence-electron chi connectivity index (χ3n) is 4.74. The van der Waals surface area contributed by atoms with Crippen LogP contribution in [0.15, 0.2) is 6.07 Å². The number of rotatable bonds is 3. The van der Waals surface area contributed by atoms with Crippen molar-refractivity contribution in [2.45, 2.75) is 51.5 Å². The molecule has 1 N–H and O–H groups in total. The van der Waals surface area contributed by atoms with Gasteiger partial charge in [-0.3, -0.25) is 4.90 Å². The van der Waals surface area contributed by atoms with Crippen LogP contribution >= 0.6 is 0 Å². The van der Waals surface area contributed by atoms with E-state index in [0.717, 1.165) is 37.7 Å². The summed E-state index contributed by atoms with van der Waals surface area (Å²) in [7, 11) is 0. The predicted octanol–water partition coefficient (Wildman–Crippen LogP) is 2.41. The van der Waals surface area contributed by atoms with Crippen LogP contribution in [-0.4, -0.2) is 41.0 Å². The summed E-state index contributed by atoms with van der Waals surface area (Å²) < 4.78 is 0. The van der Waals surface area contributed by atoms with Crippen LogP contribution < -0.4 is 5.32 Å². The van der Waals surface area contributed by atoms with E-state index >= 15 is 0 Å². The number of aromatic nitrogens is 2. The first-order chi connectivity index (χ1) is 9.74. The summed E-state index contributed by atoms with van der Waals surface area (Å²) >= 11 is 0. The zero-order valence-corrected chi connectivity index (χ0v) is 12.7. The van der Waals surface area contributed by atoms with Crippen LogP contribution in [0.25, 0.3) is 0 Å². The van der Waals surface area contributed by atoms with Crippen molar-refractivity contribution in [3.05, 3.63) is 23.3 Å². The minimum absolute atomic E-state index is 0.331. The lowest BCUT2D eigenvalue weighted by Gasteiger charge is -2.32. The third-order valence-corrected chi connectivity index (χ3v) is 4.74. The van der Waals surface area contributed by atoms with E-state index < -0.39 is 0 Å². The molecule has 0 spiro atoms. The number of piperazine rings is 1. The van der Waals surface area contributed by atoms with Gasteiger partial charge in [-0.25, -0.2) is 9.97 Å². The maximum absolute atomic E-state index is 4.92. The van der Waals surface area contributed by atoms with Crippen LogP contribution in [-0.2, 0) is 0 Å². The fraction of sp³-hybridized carbons (Fsp3) is 0.750. The Labute approximate surface area is 122 Å². The largest absolute Gasteiger partial charge is 0.314 e. The zero-order chi connectivity index (χ0) is 13.9. The Morgan fingerprint density at radius 1 is 1.20 bits per heavy atom. The molecule has 20 heavy (non-hydrogen) atoms. The van der Waals surface area contributed by atoms with Crippen LogP contribution in [0.5, 0.6) is 0 Å². The molecular weight excluding hydrogens is 248 g/mol. The third kappa shape index (κ3) is 3.01. The van der Waals surface area contributed by atoms with Crippen molar-refractivity contribution in [1.82, 2.24) is 20.2 Å². The molecule has 0 bridgehead atoms. The van der Waals surface area contributed by atoms with E-state index in [1.54, 1.807) is 0 Å². The van der Waals surface area contributed by atoms with Gasteiger partial charge in [-0.2, -0.15) is 0 Å². The predicted molar refractivity (Wildman–Crippen MR) is 80.8 cm³/mol. The van der Waals surface area contributed by atoms with E-state index in [2.05, 4.69) is 30.1 Å². The van der Waals surface area contributed by atoms with E-state index in [1.165, 1.54) is 31.4 Å². The number of nitrogens with zero attached hydrogens (tertiary/aromatic N) is 3. The molecule has 4 nitrogen and oxygen atoms in total. The van der Waals surface area contributed by atoms with Crippen LogP contribution in [0.3, 0.4) is 0 Å². The van der Waals surface area contributed by atoms with Gasteiger partial charge in [0, 0.05) is 43.5 Å². The van der Waals surface area contributed by atoms with E-state index in [1.807, 2.05) is 0 Å². The summed E-state index contributed by atoms with van der Waals surface area (Å²) in [4.78, 5) is 12.1. The number of hydrogen-bond donors (Lipinski definition) is 1. The van der Waals surface area contributed by atoms with E-state index in [0.29, 0.717) is 12.0 Å². The lowest BCUT2D eigenvalue weighted by molar-refractivity contribution is 0.178. The first-order valence-corrected chi connectivity index (χ1v) is 8.04. The quantitative estimate of drug-likeness (QED) is 0.919. The van der Waals surface area contributed by atoms with Gasteiger partial charge in [0.25, 0.3) is 0 Å². The van der Waals surface area contributed by atoms with Gasteiger partial charge in [-0.15, -0.1) is 0 Å². The Balaban J connectivity index is 1.80. The summed E-state index contributed by atoms with van der Waals surface area (Å²) in [6.07, 6.45) is 5.32. The maximum atomic E-state index is 4.92. The number of hydrogen-bond acceptors (Lipinski definition) is 4. The Kier molecular flexibility index (Phi) is 4.32. The number of nitrogens with one attached hydrogen (secondary N) is 1. The van der Waals surface area contributed by atoms with Crippen molar-refractivity contribution in [1.29, 1.82) is 0 Å². The molecule has 1 aromatic rings. The highest BCUT2D eigenvalue weighted by Gasteiger charge is 2.23. The fourth-order valence-corrected chi connectivity index (χ4v) is 3.47. The van der Waals surface area contributed by atoms with Gasteiger partial charge in [-0.1, -0.05) is 12.8 Å². The fourth-order valence-electron chi connectivity index (χ4n) is 3.47. The smallest absolute Gasteiger partial charge is 0.145 e. The van der Waals surface area contributed by atoms with E-state index in [9.17, 15) is 0 Å². The summed E-state index contributed by atoms with van der Waals surface area (Å²) in [5.41, 5.74) is 2.41. The van der Waals surface area contributed by atoms with Crippen LogP contribution in [0.1, 0.15) is 61.8 Å². The molecule has 0 radical (unpaired) electrons. The SMILES string of the molecule is Cc1cc(C2CCCC2)nc(C(C)N2CCNCC2)n1. The molecule has 1 aliphatic carbocycles. The molecule has 1 saturated carbocycles. The van der Waals surface area contributed by atoms with Crippen molar-refractivity contribution >= 4 is 0 Å². The molecule has 0 amide bonds. The average molecular weight is 274 g/mol. The van der Waals surface area contributed by atoms with E-state index in [4.69, 9.17) is 9.97 Å². The molecule has 1 atom stereocenters. The molecule has 1 aliphatic heterocycles. The lowest BCUT2D eigenvalue weighted by atomic mass is 10.0. The standard InChI is InChI=1S/C16H26N4/c1-12-11-15(14-5-3-4-6-14)19-16(18-12)13(2)20-9-7-17-8-10-20/h11,13-14,17H,3-10H2,1-2H3. The second kappa shape index (κ2) is 6.19. The minimum atomic E-state index is 0.331. The molecule has 1 saturated heterocycles. The average Bonchev–Trinajstić information content (AvgIpc) is 3.01. The molecule has 1 aromatic heterocycles. The molecule has 1 unspecified atom stereocenters. The van der Waals surface area contributed by atoms with Gasteiger partial charge in [0.15, 0.2) is 0 Å². The highest BCUT2D eigenvalue weighted by atomic mass is 15.2. The van der Waals surface area contributed by atoms with Crippen molar-refractivity contribution in [2.75, 3.05) is 26.2 Å². The Bertz CT molecular complexity index is 448. The monoisotopic (exact) mass is 274 g/mol. The highest BCUT2D eigenvalue weighted by molar-refractivity contribution is 5.16. The lowest BCUT2D eigenvalue weighted by Crippen LogP contribution is -2.44. The topological polar surface area (TPSA) is 41.1 Å². The Hall–Kier alpha value is -1.00. The van der Waals surface area contributed by atoms with Gasteiger partial charge >= 0.3 is 0 Å². The van der Waals surface area contributed by atoms with Crippen LogP contribution in [0.4, 0.5) is 0 Å². The van der Waals surface area contributed by atoms with Crippen LogP contribution in [0.2, 0.25) is 0 Å². The van der Waals surface area contributed by atoms with Gasteiger partial charge in [-0.05, 0) is 32.8 Å². The van der Waals surface area contributed by atoms with Crippen LogP contribution in [0, 0.1) is 6.92 Å². The Morgan fingerprint density at radius 2 is 1.90 bits per heavy atom. The van der Waals surface area contributed by atoms with Crippen molar-refractivity contribution in [2.24, 2.45) is 0 Å². The first-order valence-electron chi connectivity index (χ1n) is 8.04. The van der Waals surface area contributed by atoms with Gasteiger partial charge < -0.3 is 5.32 Å². The van der Waals surface area contributed by atoms with Gasteiger partial charge in [0.2, 0.25) is 0 Å². The summed E-state index contributed by atoms with van der Waals surface area (Å²) in [5, 5.41) is 3.41. The highest BCUT2D eigenvalue weighted by Crippen LogP contribution is 2.33. The summed E-state index contributed by atoms with van der Waals surface area (Å²) in [6.45, 7) is 8.69. The molecule has 4 heteroatoms. The van der Waals surface area contributed by atoms with E-state index in [-0.39, 0.29) is 0 Å². The zero-order valence-electron chi connectivity index (χ0n) is 12.7. The second-order valence-corrected chi connectivity index (χ2v) is 6.24. The summed E-state index contributed by atoms with van der Waals surface area (Å²) in [6, 6.07) is 2.53. The number of aryl methyl sites for hydroxylation is 1. The molecular formula is C16H26N4.